The summed E-state index contributed by atoms with van der Waals surface area (Å²) in [4.78, 5) is 7.46. The van der Waals surface area contributed by atoms with Crippen LogP contribution in [0.1, 0.15) is 17.2 Å². The third-order valence-electron chi connectivity index (χ3n) is 3.53. The molecule has 0 aliphatic heterocycles. The van der Waals surface area contributed by atoms with Gasteiger partial charge in [-0.05, 0) is 36.7 Å². The van der Waals surface area contributed by atoms with Crippen LogP contribution in [0.5, 0.6) is 5.75 Å². The number of hydrogen-bond donors (Lipinski definition) is 2. The Morgan fingerprint density at radius 3 is 3.05 bits per heavy atom. The number of imidazole rings is 1. The summed E-state index contributed by atoms with van der Waals surface area (Å²) in [6.07, 6.45) is 4.71. The first kappa shape index (κ1) is 12.6. The van der Waals surface area contributed by atoms with Crippen molar-refractivity contribution >= 4 is 11.8 Å². The summed E-state index contributed by atoms with van der Waals surface area (Å²) >= 11 is 1.79. The van der Waals surface area contributed by atoms with Crippen molar-refractivity contribution in [3.63, 3.8) is 0 Å². The number of nitrogens with zero attached hydrogens (tertiary/aromatic N) is 1. The molecular formula is C14H17N3OS. The van der Waals surface area contributed by atoms with Crippen LogP contribution in [0.15, 0.2) is 35.7 Å². The molecule has 1 heterocycles. The van der Waals surface area contributed by atoms with Gasteiger partial charge in [0.05, 0.1) is 7.11 Å². The van der Waals surface area contributed by atoms with E-state index >= 15 is 0 Å². The second-order valence-corrected chi connectivity index (χ2v) is 5.81. The van der Waals surface area contributed by atoms with Gasteiger partial charge >= 0.3 is 0 Å². The smallest absolute Gasteiger partial charge is 0.165 e. The molecule has 2 N–H and O–H groups in total. The van der Waals surface area contributed by atoms with Crippen molar-refractivity contribution in [3.8, 4) is 5.75 Å². The van der Waals surface area contributed by atoms with E-state index in [9.17, 15) is 0 Å². The second-order valence-electron chi connectivity index (χ2n) is 4.59. The van der Waals surface area contributed by atoms with E-state index in [4.69, 9.17) is 4.74 Å². The lowest BCUT2D eigenvalue weighted by Crippen LogP contribution is -2.23. The first-order valence-electron chi connectivity index (χ1n) is 6.32. The van der Waals surface area contributed by atoms with Crippen LogP contribution < -0.4 is 10.1 Å². The van der Waals surface area contributed by atoms with E-state index in [2.05, 4.69) is 27.4 Å². The lowest BCUT2D eigenvalue weighted by atomic mass is 10.1. The van der Waals surface area contributed by atoms with Gasteiger partial charge in [0.15, 0.2) is 5.16 Å². The molecule has 4 nitrogen and oxygen atoms in total. The zero-order valence-corrected chi connectivity index (χ0v) is 11.8. The zero-order chi connectivity index (χ0) is 13.2. The number of aromatic amines is 1. The molecule has 2 aromatic rings. The molecular weight excluding hydrogens is 258 g/mol. The Balaban J connectivity index is 1.86. The van der Waals surface area contributed by atoms with E-state index in [0.717, 1.165) is 17.3 Å². The Hall–Kier alpha value is -1.46. The Morgan fingerprint density at radius 1 is 1.47 bits per heavy atom. The zero-order valence-electron chi connectivity index (χ0n) is 11.0. The van der Waals surface area contributed by atoms with E-state index in [1.165, 1.54) is 11.1 Å². The summed E-state index contributed by atoms with van der Waals surface area (Å²) in [5.41, 5.74) is 2.73. The highest BCUT2D eigenvalue weighted by atomic mass is 32.2. The van der Waals surface area contributed by atoms with Crippen molar-refractivity contribution < 1.29 is 4.74 Å². The van der Waals surface area contributed by atoms with Gasteiger partial charge in [-0.1, -0.05) is 17.8 Å². The molecule has 0 radical (unpaired) electrons. The standard InChI is InChI=1S/C14H17N3OS/c1-15-13-11-8-10(18-2)4-3-9(11)7-12(13)19-14-16-5-6-17-14/h3-6,8,12-13,15H,7H2,1-2H3,(H,16,17). The molecule has 0 bridgehead atoms. The summed E-state index contributed by atoms with van der Waals surface area (Å²) in [5, 5.41) is 4.85. The number of nitrogens with one attached hydrogen (secondary N) is 2. The Morgan fingerprint density at radius 2 is 2.37 bits per heavy atom. The van der Waals surface area contributed by atoms with Gasteiger partial charge in [0, 0.05) is 23.7 Å². The molecule has 1 aromatic carbocycles. The summed E-state index contributed by atoms with van der Waals surface area (Å²) in [6, 6.07) is 6.67. The van der Waals surface area contributed by atoms with Crippen LogP contribution in [0.25, 0.3) is 0 Å². The third kappa shape index (κ3) is 2.35. The summed E-state index contributed by atoms with van der Waals surface area (Å²) in [6.45, 7) is 0. The molecule has 0 saturated heterocycles. The van der Waals surface area contributed by atoms with Gasteiger partial charge in [-0.15, -0.1) is 0 Å². The maximum Gasteiger partial charge on any atom is 0.165 e. The van der Waals surface area contributed by atoms with Crippen LogP contribution in [0.3, 0.4) is 0 Å². The molecule has 0 amide bonds. The highest BCUT2D eigenvalue weighted by Gasteiger charge is 2.32. The van der Waals surface area contributed by atoms with Crippen LogP contribution in [0, 0.1) is 0 Å². The molecule has 0 saturated carbocycles. The van der Waals surface area contributed by atoms with Crippen LogP contribution in [0.4, 0.5) is 0 Å². The van der Waals surface area contributed by atoms with Crippen molar-refractivity contribution in [2.45, 2.75) is 22.9 Å². The number of benzene rings is 1. The number of aromatic nitrogens is 2. The van der Waals surface area contributed by atoms with Crippen LogP contribution in [-0.2, 0) is 6.42 Å². The molecule has 0 spiro atoms. The fourth-order valence-electron chi connectivity index (χ4n) is 2.62. The number of methoxy groups -OCH3 is 1. The molecule has 1 aromatic heterocycles. The van der Waals surface area contributed by atoms with Crippen LogP contribution in [-0.4, -0.2) is 29.4 Å². The summed E-state index contributed by atoms with van der Waals surface area (Å²) in [7, 11) is 3.72. The molecule has 3 rings (SSSR count). The number of rotatable bonds is 4. The Labute approximate surface area is 117 Å². The fourth-order valence-corrected chi connectivity index (χ4v) is 3.85. The topological polar surface area (TPSA) is 49.9 Å². The highest BCUT2D eigenvalue weighted by molar-refractivity contribution is 7.99. The maximum atomic E-state index is 5.32. The van der Waals surface area contributed by atoms with Crippen molar-refractivity contribution in [2.75, 3.05) is 14.2 Å². The van der Waals surface area contributed by atoms with Crippen molar-refractivity contribution in [1.29, 1.82) is 0 Å². The molecule has 1 aliphatic carbocycles. The van der Waals surface area contributed by atoms with Crippen molar-refractivity contribution in [3.05, 3.63) is 41.7 Å². The minimum Gasteiger partial charge on any atom is -0.497 e. The maximum absolute atomic E-state index is 5.32. The Kier molecular flexibility index (Phi) is 3.48. The van der Waals surface area contributed by atoms with E-state index in [1.807, 2.05) is 19.3 Å². The predicted molar refractivity (Wildman–Crippen MR) is 76.7 cm³/mol. The summed E-state index contributed by atoms with van der Waals surface area (Å²) in [5.74, 6) is 0.919. The Bertz CT molecular complexity index is 556. The SMILES string of the molecule is CNC1c2cc(OC)ccc2CC1Sc1ncc[nH]1. The normalized spacial score (nSPS) is 21.4. The van der Waals surface area contributed by atoms with Crippen LogP contribution in [0.2, 0.25) is 0 Å². The van der Waals surface area contributed by atoms with E-state index < -0.39 is 0 Å². The number of hydrogen-bond acceptors (Lipinski definition) is 4. The number of H-pyrrole nitrogens is 1. The largest absolute Gasteiger partial charge is 0.497 e. The van der Waals surface area contributed by atoms with Gasteiger partial charge in [0.2, 0.25) is 0 Å². The highest BCUT2D eigenvalue weighted by Crippen LogP contribution is 2.41. The average molecular weight is 275 g/mol. The molecule has 100 valence electrons. The van der Waals surface area contributed by atoms with Crippen molar-refractivity contribution in [1.82, 2.24) is 15.3 Å². The number of fused-ring (bicyclic) bond motifs is 1. The van der Waals surface area contributed by atoms with Gasteiger partial charge in [0.1, 0.15) is 5.75 Å². The fraction of sp³-hybridized carbons (Fsp3) is 0.357. The quantitative estimate of drug-likeness (QED) is 0.899. The van der Waals surface area contributed by atoms with Gasteiger partial charge in [-0.3, -0.25) is 0 Å². The van der Waals surface area contributed by atoms with E-state index in [-0.39, 0.29) is 0 Å². The monoisotopic (exact) mass is 275 g/mol. The molecule has 2 atom stereocenters. The van der Waals surface area contributed by atoms with E-state index in [0.29, 0.717) is 11.3 Å². The molecule has 2 unspecified atom stereocenters. The molecule has 0 fully saturated rings. The minimum atomic E-state index is 0.334. The lowest BCUT2D eigenvalue weighted by molar-refractivity contribution is 0.413. The average Bonchev–Trinajstić information content (AvgIpc) is 3.05. The molecule has 1 aliphatic rings. The molecule has 19 heavy (non-hydrogen) atoms. The van der Waals surface area contributed by atoms with Gasteiger partial charge in [-0.2, -0.15) is 0 Å². The predicted octanol–water partition coefficient (Wildman–Crippen LogP) is 2.40. The van der Waals surface area contributed by atoms with Gasteiger partial charge < -0.3 is 15.0 Å². The van der Waals surface area contributed by atoms with Gasteiger partial charge in [-0.25, -0.2) is 4.98 Å². The first-order chi connectivity index (χ1) is 9.31. The number of thioether (sulfide) groups is 1. The van der Waals surface area contributed by atoms with Gasteiger partial charge in [0.25, 0.3) is 0 Å². The van der Waals surface area contributed by atoms with Crippen LogP contribution >= 0.6 is 11.8 Å². The van der Waals surface area contributed by atoms with Crippen molar-refractivity contribution in [2.24, 2.45) is 0 Å². The minimum absolute atomic E-state index is 0.334. The first-order valence-corrected chi connectivity index (χ1v) is 7.20. The summed E-state index contributed by atoms with van der Waals surface area (Å²) < 4.78 is 5.32. The molecule has 5 heteroatoms. The lowest BCUT2D eigenvalue weighted by Gasteiger charge is -2.18. The third-order valence-corrected chi connectivity index (χ3v) is 4.72. The van der Waals surface area contributed by atoms with E-state index in [1.54, 1.807) is 25.1 Å². The second kappa shape index (κ2) is 5.27. The number of ether oxygens (including phenoxy) is 1.